The lowest BCUT2D eigenvalue weighted by Gasteiger charge is -2.18. The van der Waals surface area contributed by atoms with Crippen molar-refractivity contribution in [1.82, 2.24) is 0 Å². The summed E-state index contributed by atoms with van der Waals surface area (Å²) in [6.07, 6.45) is 7.76. The van der Waals surface area contributed by atoms with Gasteiger partial charge in [0.1, 0.15) is 0 Å². The molecule has 0 amide bonds. The maximum absolute atomic E-state index is 10.7. The van der Waals surface area contributed by atoms with Crippen molar-refractivity contribution >= 4 is 5.97 Å². The Labute approximate surface area is 78.7 Å². The second kappa shape index (κ2) is 5.75. The van der Waals surface area contributed by atoms with Crippen LogP contribution in [0.3, 0.4) is 0 Å². The summed E-state index contributed by atoms with van der Waals surface area (Å²) >= 11 is 0. The van der Waals surface area contributed by atoms with Crippen molar-refractivity contribution in [3.63, 3.8) is 0 Å². The summed E-state index contributed by atoms with van der Waals surface area (Å²) in [5.41, 5.74) is 0. The van der Waals surface area contributed by atoms with Crippen LogP contribution in [0.5, 0.6) is 0 Å². The molecule has 3 heteroatoms. The van der Waals surface area contributed by atoms with Crippen LogP contribution in [0.4, 0.5) is 0 Å². The molecule has 1 fully saturated rings. The fraction of sp³-hybridized carbons (Fsp3) is 0.700. The van der Waals surface area contributed by atoms with Gasteiger partial charge in [-0.3, -0.25) is 4.79 Å². The van der Waals surface area contributed by atoms with Gasteiger partial charge in [0.15, 0.2) is 0 Å². The molecule has 74 valence electrons. The van der Waals surface area contributed by atoms with Crippen LogP contribution in [0, 0.1) is 0 Å². The Morgan fingerprint density at radius 3 is 3.08 bits per heavy atom. The van der Waals surface area contributed by atoms with Gasteiger partial charge in [-0.05, 0) is 19.3 Å². The normalized spacial score (nSPS) is 23.3. The highest BCUT2D eigenvalue weighted by Crippen LogP contribution is 2.13. The summed E-state index contributed by atoms with van der Waals surface area (Å²) in [7, 11) is 1.40. The van der Waals surface area contributed by atoms with E-state index in [0.717, 1.165) is 19.4 Å². The maximum atomic E-state index is 10.7. The van der Waals surface area contributed by atoms with Gasteiger partial charge in [-0.2, -0.15) is 0 Å². The molecule has 1 saturated heterocycles. The first-order valence-electron chi connectivity index (χ1n) is 4.68. The van der Waals surface area contributed by atoms with Gasteiger partial charge in [0.2, 0.25) is 0 Å². The minimum absolute atomic E-state index is 0.202. The minimum atomic E-state index is -0.202. The van der Waals surface area contributed by atoms with E-state index in [1.54, 1.807) is 0 Å². The highest BCUT2D eigenvalue weighted by atomic mass is 16.5. The van der Waals surface area contributed by atoms with E-state index in [9.17, 15) is 4.79 Å². The molecule has 0 bridgehead atoms. The number of rotatable bonds is 3. The fourth-order valence-corrected chi connectivity index (χ4v) is 1.32. The van der Waals surface area contributed by atoms with Gasteiger partial charge in [0.05, 0.1) is 19.6 Å². The number of hydrogen-bond donors (Lipinski definition) is 0. The number of ether oxygens (including phenoxy) is 2. The van der Waals surface area contributed by atoms with E-state index in [0.29, 0.717) is 6.42 Å². The third-order valence-corrected chi connectivity index (χ3v) is 2.08. The molecule has 1 unspecified atom stereocenters. The standard InChI is InChI=1S/C10H16O3/c1-12-10(11)7-4-6-9-5-2-3-8-13-9/h4,6,9H,2-3,5,7-8H2,1H3/b6-4-. The molecule has 0 aromatic carbocycles. The Morgan fingerprint density at radius 1 is 1.62 bits per heavy atom. The van der Waals surface area contributed by atoms with Gasteiger partial charge in [-0.1, -0.05) is 12.2 Å². The van der Waals surface area contributed by atoms with Gasteiger partial charge in [0.25, 0.3) is 0 Å². The number of carbonyl (C=O) groups is 1. The SMILES string of the molecule is COC(=O)C/C=C\C1CCCCO1. The number of carbonyl (C=O) groups excluding carboxylic acids is 1. The third kappa shape index (κ3) is 4.08. The summed E-state index contributed by atoms with van der Waals surface area (Å²) in [6.45, 7) is 0.841. The van der Waals surface area contributed by atoms with Crippen molar-refractivity contribution in [1.29, 1.82) is 0 Å². The number of hydrogen-bond acceptors (Lipinski definition) is 3. The Hall–Kier alpha value is -0.830. The Morgan fingerprint density at radius 2 is 2.46 bits per heavy atom. The predicted octanol–water partition coefficient (Wildman–Crippen LogP) is 1.67. The lowest BCUT2D eigenvalue weighted by molar-refractivity contribution is -0.139. The van der Waals surface area contributed by atoms with E-state index in [2.05, 4.69) is 4.74 Å². The fourth-order valence-electron chi connectivity index (χ4n) is 1.32. The smallest absolute Gasteiger partial charge is 0.309 e. The molecule has 1 atom stereocenters. The van der Waals surface area contributed by atoms with Crippen molar-refractivity contribution < 1.29 is 14.3 Å². The van der Waals surface area contributed by atoms with E-state index in [-0.39, 0.29) is 12.1 Å². The Bertz CT molecular complexity index is 181. The second-order valence-corrected chi connectivity index (χ2v) is 3.11. The van der Waals surface area contributed by atoms with Gasteiger partial charge >= 0.3 is 5.97 Å². The summed E-state index contributed by atoms with van der Waals surface area (Å²) in [4.78, 5) is 10.7. The van der Waals surface area contributed by atoms with Crippen LogP contribution >= 0.6 is 0 Å². The van der Waals surface area contributed by atoms with E-state index < -0.39 is 0 Å². The summed E-state index contributed by atoms with van der Waals surface area (Å²) in [6, 6.07) is 0. The Balaban J connectivity index is 2.18. The van der Waals surface area contributed by atoms with Gasteiger partial charge in [0, 0.05) is 6.61 Å². The van der Waals surface area contributed by atoms with Crippen LogP contribution in [0.2, 0.25) is 0 Å². The van der Waals surface area contributed by atoms with E-state index >= 15 is 0 Å². The van der Waals surface area contributed by atoms with Crippen molar-refractivity contribution in [2.75, 3.05) is 13.7 Å². The number of methoxy groups -OCH3 is 1. The summed E-state index contributed by atoms with van der Waals surface area (Å²) in [5.74, 6) is -0.202. The van der Waals surface area contributed by atoms with Crippen LogP contribution in [0.15, 0.2) is 12.2 Å². The molecular formula is C10H16O3. The zero-order chi connectivity index (χ0) is 9.52. The molecule has 3 nitrogen and oxygen atoms in total. The second-order valence-electron chi connectivity index (χ2n) is 3.11. The monoisotopic (exact) mass is 184 g/mol. The van der Waals surface area contributed by atoms with Gasteiger partial charge in [-0.15, -0.1) is 0 Å². The molecule has 13 heavy (non-hydrogen) atoms. The first kappa shape index (κ1) is 10.3. The van der Waals surface area contributed by atoms with E-state index in [4.69, 9.17) is 4.74 Å². The van der Waals surface area contributed by atoms with Crippen LogP contribution < -0.4 is 0 Å². The largest absolute Gasteiger partial charge is 0.469 e. The molecule has 0 aromatic rings. The average molecular weight is 184 g/mol. The third-order valence-electron chi connectivity index (χ3n) is 2.08. The van der Waals surface area contributed by atoms with Crippen LogP contribution in [0.1, 0.15) is 25.7 Å². The van der Waals surface area contributed by atoms with Crippen molar-refractivity contribution in [3.8, 4) is 0 Å². The van der Waals surface area contributed by atoms with Crippen LogP contribution in [-0.2, 0) is 14.3 Å². The van der Waals surface area contributed by atoms with Crippen LogP contribution in [0.25, 0.3) is 0 Å². The zero-order valence-electron chi connectivity index (χ0n) is 7.99. The average Bonchev–Trinajstić information content (AvgIpc) is 2.19. The summed E-state index contributed by atoms with van der Waals surface area (Å²) in [5, 5.41) is 0. The van der Waals surface area contributed by atoms with Crippen molar-refractivity contribution in [2.24, 2.45) is 0 Å². The topological polar surface area (TPSA) is 35.5 Å². The molecule has 0 spiro atoms. The molecule has 1 aliphatic rings. The van der Waals surface area contributed by atoms with Crippen molar-refractivity contribution in [3.05, 3.63) is 12.2 Å². The first-order valence-corrected chi connectivity index (χ1v) is 4.68. The number of esters is 1. The summed E-state index contributed by atoms with van der Waals surface area (Å²) < 4.78 is 9.96. The van der Waals surface area contributed by atoms with Crippen molar-refractivity contribution in [2.45, 2.75) is 31.8 Å². The Kier molecular flexibility index (Phi) is 4.54. The highest BCUT2D eigenvalue weighted by molar-refractivity contribution is 5.70. The molecule has 0 radical (unpaired) electrons. The van der Waals surface area contributed by atoms with Crippen LogP contribution in [-0.4, -0.2) is 25.8 Å². The van der Waals surface area contributed by atoms with Gasteiger partial charge in [-0.25, -0.2) is 0 Å². The molecule has 1 rings (SSSR count). The molecule has 0 saturated carbocycles. The molecule has 0 aliphatic carbocycles. The zero-order valence-corrected chi connectivity index (χ0v) is 7.99. The maximum Gasteiger partial charge on any atom is 0.309 e. The quantitative estimate of drug-likeness (QED) is 0.494. The predicted molar refractivity (Wildman–Crippen MR) is 49.4 cm³/mol. The van der Waals surface area contributed by atoms with Gasteiger partial charge < -0.3 is 9.47 Å². The van der Waals surface area contributed by atoms with E-state index in [1.165, 1.54) is 13.5 Å². The lowest BCUT2D eigenvalue weighted by atomic mass is 10.1. The molecule has 0 aromatic heterocycles. The lowest BCUT2D eigenvalue weighted by Crippen LogP contribution is -2.16. The van der Waals surface area contributed by atoms with E-state index in [1.807, 2.05) is 12.2 Å². The minimum Gasteiger partial charge on any atom is -0.469 e. The molecule has 1 heterocycles. The first-order chi connectivity index (χ1) is 6.33. The molecule has 0 N–H and O–H groups in total. The molecular weight excluding hydrogens is 168 g/mol. The highest BCUT2D eigenvalue weighted by Gasteiger charge is 2.09. The molecule has 1 aliphatic heterocycles.